The van der Waals surface area contributed by atoms with Crippen LogP contribution in [0.15, 0.2) is 0 Å². The molecule has 6 atom stereocenters. The van der Waals surface area contributed by atoms with E-state index in [1.807, 2.05) is 0 Å². The maximum absolute atomic E-state index is 13.1. The minimum Gasteiger partial charge on any atom is -0.462 e. The van der Waals surface area contributed by atoms with Crippen LogP contribution in [0.5, 0.6) is 0 Å². The van der Waals surface area contributed by atoms with Gasteiger partial charge in [-0.2, -0.15) is 0 Å². The molecule has 582 valence electrons. The number of aliphatic hydroxyl groups is 1. The third-order valence-electron chi connectivity index (χ3n) is 18.8. The highest BCUT2D eigenvalue weighted by Gasteiger charge is 2.30. The van der Waals surface area contributed by atoms with Gasteiger partial charge in [-0.25, -0.2) is 9.13 Å². The summed E-state index contributed by atoms with van der Waals surface area (Å²) in [6.07, 6.45) is 59.7. The van der Waals surface area contributed by atoms with Crippen molar-refractivity contribution >= 4 is 39.5 Å². The summed E-state index contributed by atoms with van der Waals surface area (Å²) in [5.41, 5.74) is 0. The largest absolute Gasteiger partial charge is 0.472 e. The first-order valence-electron chi connectivity index (χ1n) is 41.0. The molecule has 0 saturated carbocycles. The van der Waals surface area contributed by atoms with E-state index in [0.717, 1.165) is 102 Å². The molecule has 0 bridgehead atoms. The lowest BCUT2D eigenvalue weighted by Gasteiger charge is -2.21. The Morgan fingerprint density at radius 1 is 0.296 bits per heavy atom. The van der Waals surface area contributed by atoms with Gasteiger partial charge < -0.3 is 33.8 Å². The Hall–Kier alpha value is -1.94. The van der Waals surface area contributed by atoms with Crippen LogP contribution < -0.4 is 0 Å². The lowest BCUT2D eigenvalue weighted by atomic mass is 9.99. The molecule has 0 aliphatic rings. The van der Waals surface area contributed by atoms with Gasteiger partial charge in [0.15, 0.2) is 12.2 Å². The average molecular weight is 1440 g/mol. The van der Waals surface area contributed by atoms with E-state index in [1.165, 1.54) is 231 Å². The zero-order valence-corrected chi connectivity index (χ0v) is 65.9. The SMILES string of the molecule is CCCCCCCCCCCCCCCCCCCCCCCC(=O)O[C@H](COC(=O)CCCCCCCCCCCCC(C)CC)COP(=O)(O)OC[C@@H](O)COP(=O)(O)OC[C@@H](COC(=O)CCCCCCCCCCC(C)C)OC(=O)CCCCCCCCCCCCCC. The van der Waals surface area contributed by atoms with Crippen LogP contribution in [0.25, 0.3) is 0 Å². The number of hydrogen-bond donors (Lipinski definition) is 3. The molecule has 0 aromatic carbocycles. The van der Waals surface area contributed by atoms with Crippen molar-refractivity contribution in [2.45, 2.75) is 432 Å². The van der Waals surface area contributed by atoms with Crippen LogP contribution in [0.3, 0.4) is 0 Å². The number of aliphatic hydroxyl groups excluding tert-OH is 1. The van der Waals surface area contributed by atoms with Crippen LogP contribution in [0.2, 0.25) is 0 Å². The van der Waals surface area contributed by atoms with E-state index in [0.29, 0.717) is 25.7 Å². The lowest BCUT2D eigenvalue weighted by Crippen LogP contribution is -2.30. The summed E-state index contributed by atoms with van der Waals surface area (Å²) in [5, 5.41) is 10.6. The van der Waals surface area contributed by atoms with Crippen molar-refractivity contribution in [2.75, 3.05) is 39.6 Å². The second-order valence-corrected chi connectivity index (χ2v) is 32.1. The molecule has 0 aliphatic heterocycles. The minimum atomic E-state index is -4.96. The number of phosphoric acid groups is 2. The van der Waals surface area contributed by atoms with Crippen molar-refractivity contribution in [3.8, 4) is 0 Å². The molecule has 0 radical (unpaired) electrons. The van der Waals surface area contributed by atoms with E-state index >= 15 is 0 Å². The monoisotopic (exact) mass is 1440 g/mol. The van der Waals surface area contributed by atoms with E-state index in [4.69, 9.17) is 37.0 Å². The Bertz CT molecular complexity index is 1890. The normalized spacial score (nSPS) is 14.2. The standard InChI is InChI=1S/C79H154O17P2/c1-7-10-12-14-16-18-20-22-23-24-25-26-27-28-29-30-32-38-46-52-58-64-79(84)95-74(67-89-76(81)61-55-49-43-36-34-33-35-42-48-54-60-72(6)9-3)69-93-97(85,86)91-65-73(80)66-92-98(87,88)94-70-75(68-90-77(82)62-56-50-44-40-39-41-47-53-59-71(4)5)96-78(83)63-57-51-45-37-31-21-19-17-15-13-11-8-2/h71-75,80H,7-70H2,1-6H3,(H,85,86)(H,87,88)/t72?,73-,74-,75-/m1/s1. The Labute approximate surface area is 600 Å². The quantitative estimate of drug-likeness (QED) is 0.0222. The van der Waals surface area contributed by atoms with Crippen molar-refractivity contribution in [2.24, 2.45) is 11.8 Å². The fraction of sp³-hybridized carbons (Fsp3) is 0.949. The third-order valence-corrected chi connectivity index (χ3v) is 20.7. The van der Waals surface area contributed by atoms with Gasteiger partial charge in [0.25, 0.3) is 0 Å². The molecule has 0 heterocycles. The predicted octanol–water partition coefficient (Wildman–Crippen LogP) is 23.5. The van der Waals surface area contributed by atoms with Gasteiger partial charge in [0.1, 0.15) is 19.3 Å². The number of esters is 4. The summed E-state index contributed by atoms with van der Waals surface area (Å²) >= 11 is 0. The van der Waals surface area contributed by atoms with E-state index in [9.17, 15) is 43.2 Å². The van der Waals surface area contributed by atoms with Gasteiger partial charge in [-0.1, -0.05) is 363 Å². The molecule has 0 spiro atoms. The van der Waals surface area contributed by atoms with Crippen molar-refractivity contribution in [1.82, 2.24) is 0 Å². The molecule has 0 aromatic rings. The van der Waals surface area contributed by atoms with Crippen molar-refractivity contribution in [3.05, 3.63) is 0 Å². The first-order valence-corrected chi connectivity index (χ1v) is 44.0. The third kappa shape index (κ3) is 71.1. The molecule has 0 fully saturated rings. The highest BCUT2D eigenvalue weighted by molar-refractivity contribution is 7.47. The van der Waals surface area contributed by atoms with Gasteiger partial charge in [-0.3, -0.25) is 37.3 Å². The van der Waals surface area contributed by atoms with E-state index in [-0.39, 0.29) is 25.7 Å². The molecule has 17 nitrogen and oxygen atoms in total. The van der Waals surface area contributed by atoms with Gasteiger partial charge in [0.2, 0.25) is 0 Å². The predicted molar refractivity (Wildman–Crippen MR) is 400 cm³/mol. The summed E-state index contributed by atoms with van der Waals surface area (Å²) in [6.45, 7) is 9.61. The van der Waals surface area contributed by atoms with Crippen LogP contribution in [0.1, 0.15) is 414 Å². The first-order chi connectivity index (χ1) is 47.4. The van der Waals surface area contributed by atoms with E-state index < -0.39 is 97.5 Å². The second kappa shape index (κ2) is 70.7. The number of carbonyl (C=O) groups is 4. The smallest absolute Gasteiger partial charge is 0.462 e. The van der Waals surface area contributed by atoms with Crippen LogP contribution in [-0.2, 0) is 65.4 Å². The summed E-state index contributed by atoms with van der Waals surface area (Å²) < 4.78 is 68.6. The van der Waals surface area contributed by atoms with E-state index in [2.05, 4.69) is 41.5 Å². The number of unbranched alkanes of at least 4 members (excludes halogenated alkanes) is 47. The molecule has 0 aromatic heterocycles. The molecular weight excluding hydrogens is 1280 g/mol. The molecule has 3 N–H and O–H groups in total. The number of phosphoric ester groups is 2. The fourth-order valence-electron chi connectivity index (χ4n) is 12.2. The Kier molecular flexibility index (Phi) is 69.3. The fourth-order valence-corrected chi connectivity index (χ4v) is 13.7. The Morgan fingerprint density at radius 3 is 0.776 bits per heavy atom. The number of hydrogen-bond acceptors (Lipinski definition) is 15. The summed E-state index contributed by atoms with van der Waals surface area (Å²) in [7, 11) is -9.92. The minimum absolute atomic E-state index is 0.107. The first kappa shape index (κ1) is 96.1. The lowest BCUT2D eigenvalue weighted by molar-refractivity contribution is -0.161. The number of carbonyl (C=O) groups excluding carboxylic acids is 4. The van der Waals surface area contributed by atoms with Gasteiger partial charge in [-0.05, 0) is 37.5 Å². The van der Waals surface area contributed by atoms with E-state index in [1.54, 1.807) is 0 Å². The Balaban J connectivity index is 5.22. The highest BCUT2D eigenvalue weighted by atomic mass is 31.2. The number of ether oxygens (including phenoxy) is 4. The molecule has 0 amide bonds. The van der Waals surface area contributed by atoms with Gasteiger partial charge in [0.05, 0.1) is 26.4 Å². The zero-order chi connectivity index (χ0) is 72.1. The van der Waals surface area contributed by atoms with Crippen LogP contribution >= 0.6 is 15.6 Å². The second-order valence-electron chi connectivity index (χ2n) is 29.2. The van der Waals surface area contributed by atoms with Crippen molar-refractivity contribution in [1.29, 1.82) is 0 Å². The maximum Gasteiger partial charge on any atom is 0.472 e. The summed E-state index contributed by atoms with van der Waals surface area (Å²) in [6, 6.07) is 0. The highest BCUT2D eigenvalue weighted by Crippen LogP contribution is 2.45. The summed E-state index contributed by atoms with van der Waals surface area (Å²) in [5.74, 6) is -0.576. The van der Waals surface area contributed by atoms with Crippen molar-refractivity contribution < 1.29 is 80.2 Å². The molecule has 98 heavy (non-hydrogen) atoms. The number of rotatable bonds is 78. The molecular formula is C79H154O17P2. The van der Waals surface area contributed by atoms with Crippen LogP contribution in [0, 0.1) is 11.8 Å². The van der Waals surface area contributed by atoms with Gasteiger partial charge >= 0.3 is 39.5 Å². The molecule has 3 unspecified atom stereocenters. The van der Waals surface area contributed by atoms with Crippen LogP contribution in [0.4, 0.5) is 0 Å². The Morgan fingerprint density at radius 2 is 0.520 bits per heavy atom. The molecule has 0 aliphatic carbocycles. The zero-order valence-electron chi connectivity index (χ0n) is 64.1. The maximum atomic E-state index is 13.1. The van der Waals surface area contributed by atoms with Gasteiger partial charge in [-0.15, -0.1) is 0 Å². The topological polar surface area (TPSA) is 237 Å². The van der Waals surface area contributed by atoms with Crippen LogP contribution in [-0.4, -0.2) is 96.7 Å². The summed E-state index contributed by atoms with van der Waals surface area (Å²) in [4.78, 5) is 72.9. The molecule has 19 heteroatoms. The molecule has 0 rings (SSSR count). The molecule has 0 saturated heterocycles. The van der Waals surface area contributed by atoms with Crippen molar-refractivity contribution in [3.63, 3.8) is 0 Å². The average Bonchev–Trinajstić information content (AvgIpc) is 1.20. The van der Waals surface area contributed by atoms with Gasteiger partial charge in [0, 0.05) is 25.7 Å².